The predicted molar refractivity (Wildman–Crippen MR) is 120 cm³/mol. The molecule has 1 aliphatic rings. The van der Waals surface area contributed by atoms with Gasteiger partial charge in [-0.2, -0.15) is 9.61 Å². The van der Waals surface area contributed by atoms with Crippen LogP contribution in [-0.2, 0) is 17.8 Å². The Hall–Kier alpha value is -3.30. The Morgan fingerprint density at radius 3 is 2.53 bits per heavy atom. The van der Waals surface area contributed by atoms with E-state index in [0.29, 0.717) is 17.7 Å². The van der Waals surface area contributed by atoms with Crippen molar-refractivity contribution in [3.05, 3.63) is 64.5 Å². The lowest BCUT2D eigenvalue weighted by atomic mass is 10.1. The number of hydrogen-bond donors (Lipinski definition) is 0. The summed E-state index contributed by atoms with van der Waals surface area (Å²) in [6, 6.07) is 9.74. The first kappa shape index (κ1) is 20.6. The van der Waals surface area contributed by atoms with Crippen LogP contribution in [0.4, 0.5) is 0 Å². The van der Waals surface area contributed by atoms with Crippen LogP contribution in [0, 0.1) is 0 Å². The van der Waals surface area contributed by atoms with Crippen molar-refractivity contribution >= 4 is 16.7 Å². The normalized spacial score (nSPS) is 19.6. The second kappa shape index (κ2) is 8.33. The van der Waals surface area contributed by atoms with Crippen LogP contribution in [0.25, 0.3) is 16.7 Å². The summed E-state index contributed by atoms with van der Waals surface area (Å²) in [6.07, 6.45) is 3.64. The van der Waals surface area contributed by atoms with E-state index in [1.165, 1.54) is 10.8 Å². The molecule has 9 heteroatoms. The van der Waals surface area contributed by atoms with Gasteiger partial charge in [-0.1, -0.05) is 12.1 Å². The van der Waals surface area contributed by atoms with E-state index in [2.05, 4.69) is 28.8 Å². The molecule has 0 bridgehead atoms. The monoisotopic (exact) mass is 434 g/mol. The molecule has 0 saturated carbocycles. The first-order chi connectivity index (χ1) is 15.5. The molecule has 3 aromatic heterocycles. The number of ether oxygens (including phenoxy) is 2. The third-order valence-electron chi connectivity index (χ3n) is 5.79. The highest BCUT2D eigenvalue weighted by Gasteiger charge is 2.23. The first-order valence-electron chi connectivity index (χ1n) is 10.7. The smallest absolute Gasteiger partial charge is 0.351 e. The third kappa shape index (κ3) is 3.85. The molecule has 5 rings (SSSR count). The first-order valence-corrected chi connectivity index (χ1v) is 10.7. The summed E-state index contributed by atoms with van der Waals surface area (Å²) in [6.45, 7) is 7.06. The van der Waals surface area contributed by atoms with Gasteiger partial charge in [0.25, 0.3) is 0 Å². The maximum Gasteiger partial charge on any atom is 0.351 e. The van der Waals surface area contributed by atoms with Crippen LogP contribution in [0.5, 0.6) is 5.75 Å². The van der Waals surface area contributed by atoms with Gasteiger partial charge in [-0.05, 0) is 43.2 Å². The molecule has 166 valence electrons. The molecule has 0 aliphatic carbocycles. The van der Waals surface area contributed by atoms with Crippen molar-refractivity contribution in [3.63, 3.8) is 0 Å². The summed E-state index contributed by atoms with van der Waals surface area (Å²) in [4.78, 5) is 24.6. The van der Waals surface area contributed by atoms with Crippen LogP contribution >= 0.6 is 0 Å². The van der Waals surface area contributed by atoms with Gasteiger partial charge in [0, 0.05) is 25.8 Å². The van der Waals surface area contributed by atoms with Gasteiger partial charge in [-0.25, -0.2) is 9.78 Å². The summed E-state index contributed by atoms with van der Waals surface area (Å²) >= 11 is 0. The van der Waals surface area contributed by atoms with E-state index in [9.17, 15) is 4.79 Å². The largest absolute Gasteiger partial charge is 0.497 e. The molecule has 4 aromatic rings. The summed E-state index contributed by atoms with van der Waals surface area (Å²) in [5.74, 6) is 0.774. The Morgan fingerprint density at radius 1 is 1.06 bits per heavy atom. The molecule has 1 fully saturated rings. The van der Waals surface area contributed by atoms with Gasteiger partial charge in [0.1, 0.15) is 17.6 Å². The SMILES string of the molecule is COc1ccc(Cn2c(=O)n3ncnc3c3ncc(CN4C[C@@H](C)O[C@@H](C)C4)cc32)cc1. The molecule has 4 heterocycles. The topological polar surface area (TPSA) is 86.8 Å². The quantitative estimate of drug-likeness (QED) is 0.475. The maximum atomic E-state index is 13.3. The van der Waals surface area contributed by atoms with Gasteiger partial charge < -0.3 is 9.47 Å². The molecule has 1 aromatic carbocycles. The van der Waals surface area contributed by atoms with Crippen molar-refractivity contribution in [2.75, 3.05) is 20.2 Å². The highest BCUT2D eigenvalue weighted by atomic mass is 16.5. The van der Waals surface area contributed by atoms with Crippen LogP contribution in [-0.4, -0.2) is 61.5 Å². The molecular weight excluding hydrogens is 408 g/mol. The average Bonchev–Trinajstić information content (AvgIpc) is 3.27. The Labute approximate surface area is 185 Å². The Morgan fingerprint density at radius 2 is 1.81 bits per heavy atom. The molecule has 0 amide bonds. The van der Waals surface area contributed by atoms with E-state index in [-0.39, 0.29) is 17.9 Å². The minimum atomic E-state index is -0.242. The molecule has 2 atom stereocenters. The standard InChI is InChI=1S/C23H26N6O3/c1-15-10-27(11-16(2)32-15)12-18-8-20-21(24-9-18)22-25-14-26-29(22)23(30)28(20)13-17-4-6-19(31-3)7-5-17/h4-9,14-16H,10-13H2,1-3H3/t15-,16+. The summed E-state index contributed by atoms with van der Waals surface area (Å²) in [5, 5.41) is 4.12. The number of nitrogens with zero attached hydrogens (tertiary/aromatic N) is 6. The Bertz CT molecular complexity index is 1300. The van der Waals surface area contributed by atoms with Gasteiger partial charge in [-0.15, -0.1) is 0 Å². The Balaban J connectivity index is 1.57. The van der Waals surface area contributed by atoms with E-state index in [1.54, 1.807) is 11.7 Å². The van der Waals surface area contributed by atoms with Crippen LogP contribution in [0.15, 0.2) is 47.7 Å². The lowest BCUT2D eigenvalue weighted by Gasteiger charge is -2.35. The van der Waals surface area contributed by atoms with Crippen molar-refractivity contribution in [1.29, 1.82) is 0 Å². The van der Waals surface area contributed by atoms with Crippen LogP contribution < -0.4 is 10.4 Å². The number of methoxy groups -OCH3 is 1. The second-order valence-corrected chi connectivity index (χ2v) is 8.37. The molecule has 0 N–H and O–H groups in total. The zero-order valence-electron chi connectivity index (χ0n) is 18.4. The molecule has 0 spiro atoms. The van der Waals surface area contributed by atoms with Crippen LogP contribution in [0.3, 0.4) is 0 Å². The number of pyridine rings is 1. The van der Waals surface area contributed by atoms with Gasteiger partial charge in [0.15, 0.2) is 5.65 Å². The average molecular weight is 435 g/mol. The summed E-state index contributed by atoms with van der Waals surface area (Å²) < 4.78 is 14.1. The fourth-order valence-electron chi connectivity index (χ4n) is 4.46. The third-order valence-corrected chi connectivity index (χ3v) is 5.79. The Kier molecular flexibility index (Phi) is 5.36. The molecular formula is C23H26N6O3. The van der Waals surface area contributed by atoms with Gasteiger partial charge in [-0.3, -0.25) is 14.5 Å². The number of aromatic nitrogens is 5. The van der Waals surface area contributed by atoms with Gasteiger partial charge >= 0.3 is 5.69 Å². The van der Waals surface area contributed by atoms with E-state index in [4.69, 9.17) is 14.5 Å². The van der Waals surface area contributed by atoms with Crippen LogP contribution in [0.1, 0.15) is 25.0 Å². The lowest BCUT2D eigenvalue weighted by Crippen LogP contribution is -2.44. The molecule has 0 unspecified atom stereocenters. The highest BCUT2D eigenvalue weighted by molar-refractivity contribution is 5.87. The lowest BCUT2D eigenvalue weighted by molar-refractivity contribution is -0.0705. The van der Waals surface area contributed by atoms with Crippen molar-refractivity contribution in [3.8, 4) is 5.75 Å². The van der Waals surface area contributed by atoms with E-state index < -0.39 is 0 Å². The van der Waals surface area contributed by atoms with Gasteiger partial charge in [0.2, 0.25) is 0 Å². The zero-order valence-corrected chi connectivity index (χ0v) is 18.4. The molecule has 32 heavy (non-hydrogen) atoms. The minimum Gasteiger partial charge on any atom is -0.497 e. The molecule has 1 saturated heterocycles. The van der Waals surface area contributed by atoms with E-state index in [0.717, 1.165) is 42.0 Å². The zero-order chi connectivity index (χ0) is 22.2. The number of benzene rings is 1. The number of rotatable bonds is 5. The fourth-order valence-corrected chi connectivity index (χ4v) is 4.46. The van der Waals surface area contributed by atoms with Crippen molar-refractivity contribution < 1.29 is 9.47 Å². The van der Waals surface area contributed by atoms with Crippen molar-refractivity contribution in [2.45, 2.75) is 39.1 Å². The van der Waals surface area contributed by atoms with Crippen LogP contribution in [0.2, 0.25) is 0 Å². The summed E-state index contributed by atoms with van der Waals surface area (Å²) in [5.41, 5.74) is 3.66. The fraction of sp³-hybridized carbons (Fsp3) is 0.391. The predicted octanol–water partition coefficient (Wildman–Crippen LogP) is 2.11. The van der Waals surface area contributed by atoms with Gasteiger partial charge in [0.05, 0.1) is 31.4 Å². The second-order valence-electron chi connectivity index (χ2n) is 8.37. The molecule has 9 nitrogen and oxygen atoms in total. The summed E-state index contributed by atoms with van der Waals surface area (Å²) in [7, 11) is 1.63. The molecule has 1 aliphatic heterocycles. The maximum absolute atomic E-state index is 13.3. The van der Waals surface area contributed by atoms with Crippen molar-refractivity contribution in [1.82, 2.24) is 29.0 Å². The number of hydrogen-bond acceptors (Lipinski definition) is 7. The minimum absolute atomic E-state index is 0.191. The number of morpholine rings is 1. The molecule has 0 radical (unpaired) electrons. The number of fused-ring (bicyclic) bond motifs is 3. The van der Waals surface area contributed by atoms with E-state index >= 15 is 0 Å². The van der Waals surface area contributed by atoms with Crippen molar-refractivity contribution in [2.24, 2.45) is 0 Å². The highest BCUT2D eigenvalue weighted by Crippen LogP contribution is 2.20. The van der Waals surface area contributed by atoms with E-state index in [1.807, 2.05) is 36.5 Å².